The third-order valence-electron chi connectivity index (χ3n) is 2.74. The Kier molecular flexibility index (Phi) is 6.80. The molecule has 0 saturated heterocycles. The molecule has 1 N–H and O–H groups in total. The van der Waals surface area contributed by atoms with Gasteiger partial charge in [0.2, 0.25) is 0 Å². The summed E-state index contributed by atoms with van der Waals surface area (Å²) < 4.78 is 54.9. The van der Waals surface area contributed by atoms with Crippen LogP contribution in [-0.2, 0) is 11.2 Å². The van der Waals surface area contributed by atoms with Crippen LogP contribution in [0.3, 0.4) is 0 Å². The third-order valence-corrected chi connectivity index (χ3v) is 2.74. The summed E-state index contributed by atoms with van der Waals surface area (Å²) >= 11 is 0. The van der Waals surface area contributed by atoms with Crippen molar-refractivity contribution in [2.45, 2.75) is 25.3 Å². The molecule has 1 aromatic carbocycles. The maximum absolute atomic E-state index is 13.4. The maximum atomic E-state index is 13.4. The van der Waals surface area contributed by atoms with Gasteiger partial charge in [-0.05, 0) is 43.7 Å². The molecule has 0 amide bonds. The molecular weight excluding hydrogens is 262 g/mol. The molecule has 19 heavy (non-hydrogen) atoms. The number of likely N-dealkylation sites (N-methyl/N-ethyl adjacent to an activating group) is 1. The molecular formula is C13H17F4NO. The van der Waals surface area contributed by atoms with Crippen molar-refractivity contribution in [2.75, 3.05) is 20.3 Å². The van der Waals surface area contributed by atoms with Gasteiger partial charge >= 0.3 is 0 Å². The first-order valence-corrected chi connectivity index (χ1v) is 6.00. The number of hydrogen-bond acceptors (Lipinski definition) is 2. The SMILES string of the molecule is CNC(CCOCC(F)F)Cc1cc(F)ccc1F. The average molecular weight is 279 g/mol. The van der Waals surface area contributed by atoms with E-state index in [9.17, 15) is 17.6 Å². The summed E-state index contributed by atoms with van der Waals surface area (Å²) in [7, 11) is 1.68. The molecule has 6 heteroatoms. The molecule has 2 nitrogen and oxygen atoms in total. The van der Waals surface area contributed by atoms with Gasteiger partial charge in [0.15, 0.2) is 0 Å². The van der Waals surface area contributed by atoms with Crippen LogP contribution < -0.4 is 5.32 Å². The summed E-state index contributed by atoms with van der Waals surface area (Å²) in [6, 6.07) is 3.11. The van der Waals surface area contributed by atoms with Gasteiger partial charge in [-0.25, -0.2) is 17.6 Å². The van der Waals surface area contributed by atoms with Crippen LogP contribution in [0.2, 0.25) is 0 Å². The Bertz CT molecular complexity index is 387. The Morgan fingerprint density at radius 1 is 1.26 bits per heavy atom. The van der Waals surface area contributed by atoms with Crippen LogP contribution in [0, 0.1) is 11.6 Å². The van der Waals surface area contributed by atoms with Gasteiger partial charge in [-0.3, -0.25) is 0 Å². The molecule has 0 aliphatic carbocycles. The lowest BCUT2D eigenvalue weighted by Gasteiger charge is -2.16. The van der Waals surface area contributed by atoms with Gasteiger partial charge in [0.1, 0.15) is 18.2 Å². The standard InChI is InChI=1S/C13H17F4NO/c1-18-11(4-5-19-8-13(16)17)7-9-6-10(14)2-3-12(9)15/h2-3,6,11,13,18H,4-5,7-8H2,1H3. The van der Waals surface area contributed by atoms with Crippen molar-refractivity contribution in [3.63, 3.8) is 0 Å². The van der Waals surface area contributed by atoms with Crippen molar-refractivity contribution in [2.24, 2.45) is 0 Å². The van der Waals surface area contributed by atoms with E-state index in [1.807, 2.05) is 0 Å². The highest BCUT2D eigenvalue weighted by atomic mass is 19.3. The molecule has 0 fully saturated rings. The fraction of sp³-hybridized carbons (Fsp3) is 0.538. The van der Waals surface area contributed by atoms with Crippen LogP contribution in [0.1, 0.15) is 12.0 Å². The molecule has 0 aliphatic heterocycles. The highest BCUT2D eigenvalue weighted by Gasteiger charge is 2.12. The van der Waals surface area contributed by atoms with Crippen molar-refractivity contribution in [1.82, 2.24) is 5.32 Å². The molecule has 1 rings (SSSR count). The van der Waals surface area contributed by atoms with Crippen molar-refractivity contribution in [1.29, 1.82) is 0 Å². The zero-order valence-electron chi connectivity index (χ0n) is 10.6. The largest absolute Gasteiger partial charge is 0.375 e. The van der Waals surface area contributed by atoms with E-state index in [2.05, 4.69) is 5.32 Å². The average Bonchev–Trinajstić information content (AvgIpc) is 2.37. The number of alkyl halides is 2. The fourth-order valence-corrected chi connectivity index (χ4v) is 1.71. The second kappa shape index (κ2) is 8.12. The summed E-state index contributed by atoms with van der Waals surface area (Å²) in [6.45, 7) is -0.461. The minimum absolute atomic E-state index is 0.146. The van der Waals surface area contributed by atoms with Gasteiger partial charge in [0, 0.05) is 12.6 Å². The van der Waals surface area contributed by atoms with Crippen molar-refractivity contribution in [3.05, 3.63) is 35.4 Å². The smallest absolute Gasteiger partial charge is 0.261 e. The van der Waals surface area contributed by atoms with Gasteiger partial charge < -0.3 is 10.1 Å². The first-order valence-electron chi connectivity index (χ1n) is 6.00. The van der Waals surface area contributed by atoms with E-state index in [0.29, 0.717) is 6.42 Å². The quantitative estimate of drug-likeness (QED) is 0.583. The Morgan fingerprint density at radius 2 is 2.00 bits per heavy atom. The highest BCUT2D eigenvalue weighted by Crippen LogP contribution is 2.13. The van der Waals surface area contributed by atoms with E-state index in [4.69, 9.17) is 4.74 Å². The molecule has 0 radical (unpaired) electrons. The van der Waals surface area contributed by atoms with E-state index in [1.165, 1.54) is 0 Å². The highest BCUT2D eigenvalue weighted by molar-refractivity contribution is 5.19. The summed E-state index contributed by atoms with van der Waals surface area (Å²) in [6.07, 6.45) is -1.77. The molecule has 0 heterocycles. The molecule has 0 spiro atoms. The van der Waals surface area contributed by atoms with Gasteiger partial charge in [-0.2, -0.15) is 0 Å². The van der Waals surface area contributed by atoms with Gasteiger partial charge in [0.25, 0.3) is 6.43 Å². The first-order chi connectivity index (χ1) is 9.02. The Labute approximate surface area is 109 Å². The lowest BCUT2D eigenvalue weighted by molar-refractivity contribution is 0.0146. The Hall–Kier alpha value is -1.14. The topological polar surface area (TPSA) is 21.3 Å². The molecule has 0 aliphatic rings. The predicted molar refractivity (Wildman–Crippen MR) is 64.3 cm³/mol. The van der Waals surface area contributed by atoms with E-state index in [-0.39, 0.29) is 24.6 Å². The zero-order chi connectivity index (χ0) is 14.3. The molecule has 0 bridgehead atoms. The molecule has 1 unspecified atom stereocenters. The first kappa shape index (κ1) is 15.9. The van der Waals surface area contributed by atoms with Crippen molar-refractivity contribution >= 4 is 0 Å². The predicted octanol–water partition coefficient (Wildman–Crippen LogP) is 2.77. The number of rotatable bonds is 8. The fourth-order valence-electron chi connectivity index (χ4n) is 1.71. The van der Waals surface area contributed by atoms with Crippen LogP contribution in [-0.4, -0.2) is 32.7 Å². The lowest BCUT2D eigenvalue weighted by atomic mass is 10.0. The van der Waals surface area contributed by atoms with Gasteiger partial charge in [0.05, 0.1) is 0 Å². The van der Waals surface area contributed by atoms with Crippen LogP contribution in [0.15, 0.2) is 18.2 Å². The molecule has 1 aromatic rings. The van der Waals surface area contributed by atoms with E-state index in [0.717, 1.165) is 18.2 Å². The molecule has 0 aromatic heterocycles. The Morgan fingerprint density at radius 3 is 2.63 bits per heavy atom. The molecule has 1 atom stereocenters. The zero-order valence-corrected chi connectivity index (χ0v) is 10.6. The van der Waals surface area contributed by atoms with Gasteiger partial charge in [-0.15, -0.1) is 0 Å². The van der Waals surface area contributed by atoms with Crippen LogP contribution in [0.4, 0.5) is 17.6 Å². The van der Waals surface area contributed by atoms with Crippen molar-refractivity contribution < 1.29 is 22.3 Å². The summed E-state index contributed by atoms with van der Waals surface area (Å²) in [4.78, 5) is 0. The molecule has 0 saturated carbocycles. The number of halogens is 4. The number of ether oxygens (including phenoxy) is 1. The van der Waals surface area contributed by atoms with Crippen molar-refractivity contribution in [3.8, 4) is 0 Å². The van der Waals surface area contributed by atoms with E-state index < -0.39 is 24.7 Å². The van der Waals surface area contributed by atoms with E-state index in [1.54, 1.807) is 7.05 Å². The van der Waals surface area contributed by atoms with Crippen LogP contribution in [0.25, 0.3) is 0 Å². The van der Waals surface area contributed by atoms with Crippen LogP contribution >= 0.6 is 0 Å². The lowest BCUT2D eigenvalue weighted by Crippen LogP contribution is -2.29. The minimum atomic E-state index is -2.49. The molecule has 108 valence electrons. The third kappa shape index (κ3) is 6.02. The van der Waals surface area contributed by atoms with Crippen LogP contribution in [0.5, 0.6) is 0 Å². The maximum Gasteiger partial charge on any atom is 0.261 e. The number of nitrogens with one attached hydrogen (secondary N) is 1. The summed E-state index contributed by atoms with van der Waals surface area (Å²) in [5, 5.41) is 2.93. The second-order valence-corrected chi connectivity index (χ2v) is 4.18. The summed E-state index contributed by atoms with van der Waals surface area (Å²) in [5.41, 5.74) is 0.258. The normalized spacial score (nSPS) is 12.9. The Balaban J connectivity index is 2.45. The second-order valence-electron chi connectivity index (χ2n) is 4.18. The van der Waals surface area contributed by atoms with E-state index >= 15 is 0 Å². The number of benzene rings is 1. The number of hydrogen-bond donors (Lipinski definition) is 1. The summed E-state index contributed by atoms with van der Waals surface area (Å²) in [5.74, 6) is -0.977. The minimum Gasteiger partial charge on any atom is -0.375 e. The monoisotopic (exact) mass is 279 g/mol. The van der Waals surface area contributed by atoms with Gasteiger partial charge in [-0.1, -0.05) is 0 Å².